The van der Waals surface area contributed by atoms with Crippen molar-refractivity contribution in [2.24, 2.45) is 0 Å². The van der Waals surface area contributed by atoms with E-state index in [1.54, 1.807) is 0 Å². The van der Waals surface area contributed by atoms with Gasteiger partial charge >= 0.3 is 17.9 Å². The molecule has 0 radical (unpaired) electrons. The minimum absolute atomic E-state index is 0.138. The first-order valence-electron chi connectivity index (χ1n) is 28.8. The lowest BCUT2D eigenvalue weighted by molar-refractivity contribution is -0.166. The van der Waals surface area contributed by atoms with E-state index in [1.807, 2.05) is 12.2 Å². The average molecular weight is 1020 g/mol. The zero-order valence-corrected chi connectivity index (χ0v) is 46.8. The van der Waals surface area contributed by atoms with Gasteiger partial charge in [0, 0.05) is 19.3 Å². The number of allylic oxidation sites excluding steroid dienone is 30. The van der Waals surface area contributed by atoms with Crippen molar-refractivity contribution in [3.63, 3.8) is 0 Å². The zero-order chi connectivity index (χ0) is 53.6. The SMILES string of the molecule is CC/C=C\C/C=C\C/C=C\C/C=C\C/C=C\C/C=C\CCC(=O)OCC(COC(=O)CCCCCCC\C=C/C=C\C=C/C=C\CCCCC)OC(=O)CCCCC/C=C\C/C=C\C/C=C\C/C=C\C/C=C\CC. The van der Waals surface area contributed by atoms with Crippen LogP contribution in [0.15, 0.2) is 182 Å². The Bertz CT molecular complexity index is 1780. The zero-order valence-electron chi connectivity index (χ0n) is 46.8. The van der Waals surface area contributed by atoms with Crippen molar-refractivity contribution in [1.29, 1.82) is 0 Å². The second-order valence-corrected chi connectivity index (χ2v) is 18.2. The van der Waals surface area contributed by atoms with E-state index in [0.717, 1.165) is 135 Å². The highest BCUT2D eigenvalue weighted by Crippen LogP contribution is 2.11. The summed E-state index contributed by atoms with van der Waals surface area (Å²) >= 11 is 0. The van der Waals surface area contributed by atoms with Gasteiger partial charge in [-0.1, -0.05) is 242 Å². The van der Waals surface area contributed by atoms with Gasteiger partial charge in [-0.3, -0.25) is 14.4 Å². The predicted molar refractivity (Wildman–Crippen MR) is 320 cm³/mol. The molecule has 0 saturated carbocycles. The Morgan fingerprint density at radius 1 is 0.297 bits per heavy atom. The van der Waals surface area contributed by atoms with Crippen molar-refractivity contribution in [3.05, 3.63) is 182 Å². The van der Waals surface area contributed by atoms with Crippen LogP contribution in [0.25, 0.3) is 0 Å². The van der Waals surface area contributed by atoms with Crippen LogP contribution < -0.4 is 0 Å². The van der Waals surface area contributed by atoms with Gasteiger partial charge in [0.05, 0.1) is 0 Å². The fourth-order valence-electron chi connectivity index (χ4n) is 6.98. The highest BCUT2D eigenvalue weighted by atomic mass is 16.6. The first-order chi connectivity index (χ1) is 36.5. The monoisotopic (exact) mass is 1010 g/mol. The molecule has 74 heavy (non-hydrogen) atoms. The Labute approximate surface area is 453 Å². The van der Waals surface area contributed by atoms with Crippen LogP contribution in [0.5, 0.6) is 0 Å². The highest BCUT2D eigenvalue weighted by molar-refractivity contribution is 5.71. The van der Waals surface area contributed by atoms with Gasteiger partial charge in [0.2, 0.25) is 0 Å². The lowest BCUT2D eigenvalue weighted by atomic mass is 10.1. The molecule has 410 valence electrons. The van der Waals surface area contributed by atoms with Crippen molar-refractivity contribution in [3.8, 4) is 0 Å². The van der Waals surface area contributed by atoms with Gasteiger partial charge in [-0.05, 0) is 128 Å². The number of hydrogen-bond acceptors (Lipinski definition) is 6. The summed E-state index contributed by atoms with van der Waals surface area (Å²) in [6.45, 7) is 6.24. The summed E-state index contributed by atoms with van der Waals surface area (Å²) in [5.41, 5.74) is 0. The van der Waals surface area contributed by atoms with E-state index in [2.05, 4.69) is 191 Å². The Balaban J connectivity index is 4.67. The quantitative estimate of drug-likeness (QED) is 0.0199. The third kappa shape index (κ3) is 57.4. The van der Waals surface area contributed by atoms with E-state index >= 15 is 0 Å². The highest BCUT2D eigenvalue weighted by Gasteiger charge is 2.19. The molecule has 0 aromatic heterocycles. The van der Waals surface area contributed by atoms with E-state index in [9.17, 15) is 14.4 Å². The summed E-state index contributed by atoms with van der Waals surface area (Å²) in [6.07, 6.45) is 90.3. The number of carbonyl (C=O) groups excluding carboxylic acids is 3. The second-order valence-electron chi connectivity index (χ2n) is 18.2. The predicted octanol–water partition coefficient (Wildman–Crippen LogP) is 19.7. The Kier molecular flexibility index (Phi) is 55.6. The summed E-state index contributed by atoms with van der Waals surface area (Å²) in [4.78, 5) is 38.2. The lowest BCUT2D eigenvalue weighted by Crippen LogP contribution is -2.30. The van der Waals surface area contributed by atoms with Crippen LogP contribution in [-0.2, 0) is 28.6 Å². The van der Waals surface area contributed by atoms with Crippen molar-refractivity contribution >= 4 is 17.9 Å². The molecule has 0 aliphatic rings. The molecule has 0 heterocycles. The smallest absolute Gasteiger partial charge is 0.306 e. The maximum Gasteiger partial charge on any atom is 0.306 e. The average Bonchev–Trinajstić information content (AvgIpc) is 3.40. The summed E-state index contributed by atoms with van der Waals surface area (Å²) in [5, 5.41) is 0. The molecule has 0 spiro atoms. The maximum atomic E-state index is 12.9. The van der Waals surface area contributed by atoms with Crippen LogP contribution in [0.2, 0.25) is 0 Å². The van der Waals surface area contributed by atoms with Crippen LogP contribution in [0.1, 0.15) is 207 Å². The molecule has 0 rings (SSSR count). The third-order valence-electron chi connectivity index (χ3n) is 11.2. The van der Waals surface area contributed by atoms with Gasteiger partial charge < -0.3 is 14.2 Å². The Morgan fingerprint density at radius 2 is 0.608 bits per heavy atom. The molecular formula is C68H102O6. The molecule has 0 aromatic carbocycles. The summed E-state index contributed by atoms with van der Waals surface area (Å²) < 4.78 is 16.8. The standard InChI is InChI=1S/C68H102O6/c1-4-7-10-13-16-19-22-25-28-31-34-37-40-43-46-49-52-55-58-61-67(70)73-64-65(63-72-66(69)60-57-54-51-48-45-42-39-36-33-30-27-24-21-18-15-12-9-6-3)74-68(71)62-59-56-53-50-47-44-41-38-35-32-29-26-23-20-17-14-11-8-5-2/h7-8,10-11,16-21,24-30,33-39,43-44,46-47,52,55,65H,4-6,9,12-15,22-23,31-32,40-42,45,48-51,53-54,56-64H2,1-3H3/b10-7-,11-8-,19-16-,20-17-,21-18-,27-24-,28-25-,29-26-,33-30-,37-34-,38-35-,39-36-,46-43-,47-44-,55-52-. The first kappa shape index (κ1) is 68.5. The van der Waals surface area contributed by atoms with Crippen molar-refractivity contribution in [2.45, 2.75) is 213 Å². The molecule has 1 atom stereocenters. The molecule has 6 nitrogen and oxygen atoms in total. The summed E-state index contributed by atoms with van der Waals surface area (Å²) in [6, 6.07) is 0. The fraction of sp³-hybridized carbons (Fsp3) is 0.515. The number of rotatable bonds is 49. The minimum atomic E-state index is -0.848. The van der Waals surface area contributed by atoms with E-state index in [1.165, 1.54) is 19.3 Å². The van der Waals surface area contributed by atoms with Crippen LogP contribution in [0, 0.1) is 0 Å². The van der Waals surface area contributed by atoms with Crippen LogP contribution in [-0.4, -0.2) is 37.2 Å². The molecule has 1 unspecified atom stereocenters. The molecule has 0 N–H and O–H groups in total. The number of carbonyl (C=O) groups is 3. The van der Waals surface area contributed by atoms with Gasteiger partial charge in [-0.15, -0.1) is 0 Å². The molecular weight excluding hydrogens is 913 g/mol. The topological polar surface area (TPSA) is 78.9 Å². The lowest BCUT2D eigenvalue weighted by Gasteiger charge is -2.18. The first-order valence-corrected chi connectivity index (χ1v) is 28.8. The van der Waals surface area contributed by atoms with Crippen LogP contribution in [0.3, 0.4) is 0 Å². The van der Waals surface area contributed by atoms with Crippen molar-refractivity contribution < 1.29 is 28.6 Å². The van der Waals surface area contributed by atoms with Crippen LogP contribution >= 0.6 is 0 Å². The number of unbranched alkanes of at least 4 members (excludes halogenated alkanes) is 11. The maximum absolute atomic E-state index is 12.9. The van der Waals surface area contributed by atoms with Gasteiger partial charge in [0.25, 0.3) is 0 Å². The van der Waals surface area contributed by atoms with E-state index in [4.69, 9.17) is 14.2 Å². The molecule has 0 aliphatic heterocycles. The second kappa shape index (κ2) is 60.1. The van der Waals surface area contributed by atoms with E-state index in [-0.39, 0.29) is 44.0 Å². The van der Waals surface area contributed by atoms with Gasteiger partial charge in [0.1, 0.15) is 13.2 Å². The minimum Gasteiger partial charge on any atom is -0.462 e. The molecule has 0 fully saturated rings. The van der Waals surface area contributed by atoms with E-state index < -0.39 is 6.10 Å². The Morgan fingerprint density at radius 3 is 1.04 bits per heavy atom. The summed E-state index contributed by atoms with van der Waals surface area (Å²) in [5.74, 6) is -1.09. The van der Waals surface area contributed by atoms with Crippen molar-refractivity contribution in [1.82, 2.24) is 0 Å². The molecule has 0 bridgehead atoms. The normalized spacial score (nSPS) is 13.5. The molecule has 0 aliphatic carbocycles. The third-order valence-corrected chi connectivity index (χ3v) is 11.2. The molecule has 0 amide bonds. The van der Waals surface area contributed by atoms with Crippen LogP contribution in [0.4, 0.5) is 0 Å². The largest absolute Gasteiger partial charge is 0.462 e. The number of hydrogen-bond donors (Lipinski definition) is 0. The fourth-order valence-corrected chi connectivity index (χ4v) is 6.98. The molecule has 0 saturated heterocycles. The van der Waals surface area contributed by atoms with Gasteiger partial charge in [-0.25, -0.2) is 0 Å². The number of ether oxygens (including phenoxy) is 3. The van der Waals surface area contributed by atoms with E-state index in [0.29, 0.717) is 19.3 Å². The van der Waals surface area contributed by atoms with Crippen molar-refractivity contribution in [2.75, 3.05) is 13.2 Å². The summed E-state index contributed by atoms with van der Waals surface area (Å²) in [7, 11) is 0. The Hall–Kier alpha value is -5.49. The number of esters is 3. The van der Waals surface area contributed by atoms with Gasteiger partial charge in [-0.2, -0.15) is 0 Å². The molecule has 6 heteroatoms. The molecule has 0 aromatic rings. The van der Waals surface area contributed by atoms with Gasteiger partial charge in [0.15, 0.2) is 6.10 Å².